The van der Waals surface area contributed by atoms with Gasteiger partial charge in [-0.1, -0.05) is 0 Å². The summed E-state index contributed by atoms with van der Waals surface area (Å²) in [4.78, 5) is 22.7. The largest absolute Gasteiger partial charge is 0.484 e. The van der Waals surface area contributed by atoms with Crippen molar-refractivity contribution in [3.8, 4) is 5.75 Å². The fourth-order valence-electron chi connectivity index (χ4n) is 1.54. The second-order valence-electron chi connectivity index (χ2n) is 3.82. The number of carbonyl (C=O) groups excluding carboxylic acids is 2. The zero-order valence-electron chi connectivity index (χ0n) is 9.52. The molecule has 1 heterocycles. The van der Waals surface area contributed by atoms with E-state index >= 15 is 0 Å². The summed E-state index contributed by atoms with van der Waals surface area (Å²) in [5, 5.41) is 2.57. The molecule has 1 amide bonds. The second kappa shape index (κ2) is 6.03. The Bertz CT molecular complexity index is 446. The highest BCUT2D eigenvalue weighted by Gasteiger charge is 2.27. The molecule has 1 fully saturated rings. The van der Waals surface area contributed by atoms with Crippen LogP contribution in [0.5, 0.6) is 5.75 Å². The van der Waals surface area contributed by atoms with E-state index in [2.05, 4.69) is 27.9 Å². The van der Waals surface area contributed by atoms with E-state index in [0.29, 0.717) is 18.8 Å². The average Bonchev–Trinajstić information content (AvgIpc) is 2.74. The number of ether oxygens (including phenoxy) is 2. The molecule has 0 bridgehead atoms. The number of hydrogen-bond acceptors (Lipinski definition) is 4. The van der Waals surface area contributed by atoms with Crippen molar-refractivity contribution in [1.29, 1.82) is 0 Å². The van der Waals surface area contributed by atoms with Crippen LogP contribution in [0.3, 0.4) is 0 Å². The molecule has 1 aromatic rings. The molecule has 5 nitrogen and oxygen atoms in total. The third-order valence-electron chi connectivity index (χ3n) is 2.45. The van der Waals surface area contributed by atoms with E-state index in [1.54, 1.807) is 12.1 Å². The third-order valence-corrected chi connectivity index (χ3v) is 3.17. The summed E-state index contributed by atoms with van der Waals surface area (Å²) in [5.41, 5.74) is 0. The summed E-state index contributed by atoms with van der Waals surface area (Å²) in [5.74, 6) is -0.0745. The van der Waals surface area contributed by atoms with Crippen molar-refractivity contribution >= 4 is 34.5 Å². The standard InChI is InChI=1S/C12H12INO4/c13-8-1-3-9(4-2-8)18-7-11(15)14-10-5-6-17-12(10)16/h1-4,10H,5-7H2,(H,14,15)/t10-/m1/s1. The number of hydrogen-bond donors (Lipinski definition) is 1. The predicted molar refractivity (Wildman–Crippen MR) is 72.2 cm³/mol. The summed E-state index contributed by atoms with van der Waals surface area (Å²) < 4.78 is 11.1. The fourth-order valence-corrected chi connectivity index (χ4v) is 1.90. The smallest absolute Gasteiger partial charge is 0.328 e. The molecule has 0 aliphatic carbocycles. The van der Waals surface area contributed by atoms with Gasteiger partial charge in [0.2, 0.25) is 0 Å². The molecule has 1 saturated heterocycles. The quantitative estimate of drug-likeness (QED) is 0.645. The Morgan fingerprint density at radius 2 is 2.17 bits per heavy atom. The van der Waals surface area contributed by atoms with E-state index in [4.69, 9.17) is 9.47 Å². The minimum absolute atomic E-state index is 0.107. The minimum atomic E-state index is -0.530. The summed E-state index contributed by atoms with van der Waals surface area (Å²) in [6.45, 7) is 0.256. The highest BCUT2D eigenvalue weighted by atomic mass is 127. The summed E-state index contributed by atoms with van der Waals surface area (Å²) in [6.07, 6.45) is 0.522. The Hall–Kier alpha value is -1.31. The molecule has 0 radical (unpaired) electrons. The average molecular weight is 361 g/mol. The van der Waals surface area contributed by atoms with Gasteiger partial charge >= 0.3 is 5.97 Å². The van der Waals surface area contributed by atoms with Crippen LogP contribution in [0, 0.1) is 3.57 Å². The van der Waals surface area contributed by atoms with Crippen molar-refractivity contribution < 1.29 is 19.1 Å². The number of amides is 1. The van der Waals surface area contributed by atoms with Gasteiger partial charge in [-0.05, 0) is 46.9 Å². The molecule has 1 N–H and O–H groups in total. The Morgan fingerprint density at radius 3 is 2.78 bits per heavy atom. The number of carbonyl (C=O) groups is 2. The molecular weight excluding hydrogens is 349 g/mol. The molecular formula is C12H12INO4. The molecule has 18 heavy (non-hydrogen) atoms. The van der Waals surface area contributed by atoms with Crippen LogP contribution in [-0.2, 0) is 14.3 Å². The lowest BCUT2D eigenvalue weighted by Gasteiger charge is -2.10. The number of rotatable bonds is 4. The summed E-state index contributed by atoms with van der Waals surface area (Å²) in [6, 6.07) is 6.83. The van der Waals surface area contributed by atoms with Gasteiger partial charge in [-0.3, -0.25) is 4.79 Å². The molecule has 1 atom stereocenters. The van der Waals surface area contributed by atoms with E-state index in [1.165, 1.54) is 0 Å². The van der Waals surface area contributed by atoms with E-state index < -0.39 is 6.04 Å². The first-order valence-electron chi connectivity index (χ1n) is 5.49. The van der Waals surface area contributed by atoms with Crippen LogP contribution < -0.4 is 10.1 Å². The van der Waals surface area contributed by atoms with E-state index in [1.807, 2.05) is 12.1 Å². The number of esters is 1. The second-order valence-corrected chi connectivity index (χ2v) is 5.06. The summed E-state index contributed by atoms with van der Waals surface area (Å²) >= 11 is 2.19. The number of halogens is 1. The molecule has 1 aromatic carbocycles. The van der Waals surface area contributed by atoms with E-state index in [0.717, 1.165) is 3.57 Å². The van der Waals surface area contributed by atoms with Crippen molar-refractivity contribution in [2.75, 3.05) is 13.2 Å². The molecule has 1 aliphatic rings. The topological polar surface area (TPSA) is 64.6 Å². The van der Waals surface area contributed by atoms with Gasteiger partial charge in [0.05, 0.1) is 6.61 Å². The lowest BCUT2D eigenvalue weighted by atomic mass is 10.2. The minimum Gasteiger partial charge on any atom is -0.484 e. The van der Waals surface area contributed by atoms with Crippen LogP contribution in [0.25, 0.3) is 0 Å². The van der Waals surface area contributed by atoms with Crippen LogP contribution in [0.1, 0.15) is 6.42 Å². The van der Waals surface area contributed by atoms with Gasteiger partial charge < -0.3 is 14.8 Å². The van der Waals surface area contributed by atoms with Crippen molar-refractivity contribution in [3.63, 3.8) is 0 Å². The number of benzene rings is 1. The van der Waals surface area contributed by atoms with Crippen LogP contribution in [0.4, 0.5) is 0 Å². The number of nitrogens with one attached hydrogen (secondary N) is 1. The molecule has 2 rings (SSSR count). The Kier molecular flexibility index (Phi) is 4.40. The highest BCUT2D eigenvalue weighted by molar-refractivity contribution is 14.1. The maximum atomic E-state index is 11.5. The van der Waals surface area contributed by atoms with E-state index in [-0.39, 0.29) is 18.5 Å². The SMILES string of the molecule is O=C(COc1ccc(I)cc1)N[C@@H]1CCOC1=O. The molecule has 96 valence electrons. The van der Waals surface area contributed by atoms with Gasteiger partial charge in [-0.15, -0.1) is 0 Å². The van der Waals surface area contributed by atoms with Gasteiger partial charge in [0, 0.05) is 9.99 Å². The first kappa shape index (κ1) is 13.1. The number of cyclic esters (lactones) is 1. The molecule has 6 heteroatoms. The van der Waals surface area contributed by atoms with Crippen LogP contribution in [-0.4, -0.2) is 31.1 Å². The zero-order chi connectivity index (χ0) is 13.0. The molecule has 1 aliphatic heterocycles. The molecule has 0 aromatic heterocycles. The van der Waals surface area contributed by atoms with Crippen molar-refractivity contribution in [3.05, 3.63) is 27.8 Å². The van der Waals surface area contributed by atoms with Gasteiger partial charge in [-0.2, -0.15) is 0 Å². The van der Waals surface area contributed by atoms with Crippen LogP contribution in [0.15, 0.2) is 24.3 Å². The maximum absolute atomic E-state index is 11.5. The van der Waals surface area contributed by atoms with Crippen molar-refractivity contribution in [2.24, 2.45) is 0 Å². The zero-order valence-corrected chi connectivity index (χ0v) is 11.7. The van der Waals surface area contributed by atoms with Gasteiger partial charge in [0.25, 0.3) is 5.91 Å². The third kappa shape index (κ3) is 3.59. The molecule has 0 unspecified atom stereocenters. The first-order valence-corrected chi connectivity index (χ1v) is 6.57. The maximum Gasteiger partial charge on any atom is 0.328 e. The fraction of sp³-hybridized carbons (Fsp3) is 0.333. The summed E-state index contributed by atoms with van der Waals surface area (Å²) in [7, 11) is 0. The Labute approximate surface area is 118 Å². The lowest BCUT2D eigenvalue weighted by molar-refractivity contribution is -0.141. The first-order chi connectivity index (χ1) is 8.65. The van der Waals surface area contributed by atoms with E-state index in [9.17, 15) is 9.59 Å². The predicted octanol–water partition coefficient (Wildman–Crippen LogP) is 1.10. The monoisotopic (exact) mass is 361 g/mol. The lowest BCUT2D eigenvalue weighted by Crippen LogP contribution is -2.40. The normalized spacial score (nSPS) is 18.3. The van der Waals surface area contributed by atoms with Crippen LogP contribution in [0.2, 0.25) is 0 Å². The van der Waals surface area contributed by atoms with Crippen molar-refractivity contribution in [2.45, 2.75) is 12.5 Å². The van der Waals surface area contributed by atoms with Gasteiger partial charge in [-0.25, -0.2) is 4.79 Å². The Balaban J connectivity index is 1.78. The van der Waals surface area contributed by atoms with Crippen molar-refractivity contribution in [1.82, 2.24) is 5.32 Å². The van der Waals surface area contributed by atoms with Crippen LogP contribution >= 0.6 is 22.6 Å². The molecule has 0 spiro atoms. The van der Waals surface area contributed by atoms with Gasteiger partial charge in [0.15, 0.2) is 6.61 Å². The highest BCUT2D eigenvalue weighted by Crippen LogP contribution is 2.13. The molecule has 0 saturated carbocycles. The van der Waals surface area contributed by atoms with Gasteiger partial charge in [0.1, 0.15) is 11.8 Å². The Morgan fingerprint density at radius 1 is 1.44 bits per heavy atom.